The van der Waals surface area contributed by atoms with Gasteiger partial charge in [0.2, 0.25) is 5.91 Å². The third-order valence-electron chi connectivity index (χ3n) is 6.32. The summed E-state index contributed by atoms with van der Waals surface area (Å²) >= 11 is 0. The van der Waals surface area contributed by atoms with Gasteiger partial charge >= 0.3 is 12.1 Å². The molecule has 0 spiro atoms. The molecule has 1 fully saturated rings. The Morgan fingerprint density at radius 2 is 1.58 bits per heavy atom. The van der Waals surface area contributed by atoms with Crippen LogP contribution in [0.15, 0.2) is 60.7 Å². The van der Waals surface area contributed by atoms with E-state index in [0.29, 0.717) is 19.4 Å². The van der Waals surface area contributed by atoms with E-state index in [1.165, 1.54) is 4.90 Å². The van der Waals surface area contributed by atoms with Gasteiger partial charge in [-0.3, -0.25) is 9.59 Å². The number of carbonyl (C=O) groups is 4. The van der Waals surface area contributed by atoms with E-state index in [4.69, 9.17) is 9.47 Å². The standard InChI is InChI=1S/C30H38N2O6/c1-21(27(34)32-17-11-16-25(32)28(35)38-30(2,3)4)18-26(33)24(19-22-12-7-5-8-13-22)31-29(36)37-20-23-14-9-6-10-15-23/h5-10,12-15,21,24-25H,11,16-20H2,1-4H3,(H,31,36)/t21?,24?,25-/m0/s1. The van der Waals surface area contributed by atoms with E-state index in [1.54, 1.807) is 27.7 Å². The zero-order valence-corrected chi connectivity index (χ0v) is 22.6. The number of rotatable bonds is 10. The van der Waals surface area contributed by atoms with Crippen molar-refractivity contribution in [1.29, 1.82) is 0 Å². The normalized spacial score (nSPS) is 16.8. The molecule has 1 N–H and O–H groups in total. The molecule has 204 valence electrons. The summed E-state index contributed by atoms with van der Waals surface area (Å²) in [5.74, 6) is -1.63. The van der Waals surface area contributed by atoms with Crippen LogP contribution in [0.5, 0.6) is 0 Å². The number of ether oxygens (including phenoxy) is 2. The zero-order chi connectivity index (χ0) is 27.7. The lowest BCUT2D eigenvalue weighted by Crippen LogP contribution is -2.47. The number of nitrogens with zero attached hydrogens (tertiary/aromatic N) is 1. The minimum absolute atomic E-state index is 0.0766. The van der Waals surface area contributed by atoms with Gasteiger partial charge in [-0.15, -0.1) is 0 Å². The Labute approximate surface area is 224 Å². The van der Waals surface area contributed by atoms with Crippen LogP contribution in [-0.4, -0.2) is 52.9 Å². The van der Waals surface area contributed by atoms with Gasteiger partial charge in [0, 0.05) is 18.9 Å². The van der Waals surface area contributed by atoms with Crippen LogP contribution in [0.3, 0.4) is 0 Å². The molecule has 3 atom stereocenters. The van der Waals surface area contributed by atoms with Gasteiger partial charge in [0.1, 0.15) is 18.2 Å². The molecule has 0 saturated carbocycles. The first kappa shape index (κ1) is 28.9. The Hall–Kier alpha value is -3.68. The highest BCUT2D eigenvalue weighted by molar-refractivity contribution is 5.93. The number of ketones is 1. The molecule has 1 aliphatic rings. The zero-order valence-electron chi connectivity index (χ0n) is 22.6. The quantitative estimate of drug-likeness (QED) is 0.463. The van der Waals surface area contributed by atoms with Crippen LogP contribution in [-0.2, 0) is 36.9 Å². The van der Waals surface area contributed by atoms with Crippen LogP contribution in [0.4, 0.5) is 4.79 Å². The van der Waals surface area contributed by atoms with Gasteiger partial charge in [0.15, 0.2) is 5.78 Å². The van der Waals surface area contributed by atoms with Crippen molar-refractivity contribution < 1.29 is 28.7 Å². The van der Waals surface area contributed by atoms with E-state index in [9.17, 15) is 19.2 Å². The Bertz CT molecular complexity index is 1100. The summed E-state index contributed by atoms with van der Waals surface area (Å²) in [5.41, 5.74) is 1.05. The first-order valence-corrected chi connectivity index (χ1v) is 13.1. The maximum Gasteiger partial charge on any atom is 0.408 e. The van der Waals surface area contributed by atoms with Crippen molar-refractivity contribution >= 4 is 23.8 Å². The van der Waals surface area contributed by atoms with Crippen molar-refractivity contribution in [3.8, 4) is 0 Å². The molecule has 2 aromatic rings. The minimum atomic E-state index is -0.865. The van der Waals surface area contributed by atoms with E-state index >= 15 is 0 Å². The second kappa shape index (κ2) is 13.2. The number of benzene rings is 2. The third-order valence-corrected chi connectivity index (χ3v) is 6.32. The fourth-order valence-electron chi connectivity index (χ4n) is 4.46. The molecule has 1 heterocycles. The number of esters is 1. The van der Waals surface area contributed by atoms with E-state index in [-0.39, 0.29) is 31.1 Å². The lowest BCUT2D eigenvalue weighted by atomic mass is 9.94. The van der Waals surface area contributed by atoms with Crippen molar-refractivity contribution in [2.75, 3.05) is 6.54 Å². The van der Waals surface area contributed by atoms with Crippen LogP contribution in [0.2, 0.25) is 0 Å². The minimum Gasteiger partial charge on any atom is -0.458 e. The molecule has 0 aliphatic carbocycles. The van der Waals surface area contributed by atoms with Gasteiger partial charge in [-0.1, -0.05) is 67.6 Å². The first-order chi connectivity index (χ1) is 18.0. The molecule has 2 aromatic carbocycles. The lowest BCUT2D eigenvalue weighted by molar-refractivity contribution is -0.163. The summed E-state index contributed by atoms with van der Waals surface area (Å²) in [5, 5.41) is 2.69. The molecule has 8 nitrogen and oxygen atoms in total. The summed E-state index contributed by atoms with van der Waals surface area (Å²) in [6, 6.07) is 17.1. The number of likely N-dealkylation sites (tertiary alicyclic amines) is 1. The van der Waals surface area contributed by atoms with Gasteiger partial charge in [0.05, 0.1) is 6.04 Å². The molecule has 2 unspecified atom stereocenters. The summed E-state index contributed by atoms with van der Waals surface area (Å²) < 4.78 is 10.8. The van der Waals surface area contributed by atoms with Crippen molar-refractivity contribution in [3.05, 3.63) is 71.8 Å². The van der Waals surface area contributed by atoms with Crippen molar-refractivity contribution in [3.63, 3.8) is 0 Å². The Balaban J connectivity index is 1.64. The van der Waals surface area contributed by atoms with E-state index in [1.807, 2.05) is 60.7 Å². The first-order valence-electron chi connectivity index (χ1n) is 13.1. The Morgan fingerprint density at radius 3 is 2.18 bits per heavy atom. The van der Waals surface area contributed by atoms with E-state index in [0.717, 1.165) is 11.1 Å². The van der Waals surface area contributed by atoms with Gasteiger partial charge < -0.3 is 19.7 Å². The van der Waals surface area contributed by atoms with Gasteiger partial charge in [-0.2, -0.15) is 0 Å². The number of hydrogen-bond acceptors (Lipinski definition) is 6. The Kier molecular flexibility index (Phi) is 10.0. The van der Waals surface area contributed by atoms with Crippen molar-refractivity contribution in [2.45, 2.75) is 77.7 Å². The molecule has 8 heteroatoms. The molecule has 38 heavy (non-hydrogen) atoms. The number of hydrogen-bond donors (Lipinski definition) is 1. The molecule has 0 aromatic heterocycles. The smallest absolute Gasteiger partial charge is 0.408 e. The lowest BCUT2D eigenvalue weighted by Gasteiger charge is -2.29. The molecular formula is C30H38N2O6. The molecule has 0 radical (unpaired) electrons. The predicted octanol–water partition coefficient (Wildman–Crippen LogP) is 4.45. The summed E-state index contributed by atoms with van der Waals surface area (Å²) in [7, 11) is 0. The molecule has 0 bridgehead atoms. The molecule has 3 rings (SSSR count). The van der Waals surface area contributed by atoms with E-state index in [2.05, 4.69) is 5.32 Å². The van der Waals surface area contributed by atoms with Gasteiger partial charge in [-0.25, -0.2) is 9.59 Å². The molecular weight excluding hydrogens is 484 g/mol. The SMILES string of the molecule is CC(CC(=O)C(Cc1ccccc1)NC(=O)OCc1ccccc1)C(=O)N1CCC[C@H]1C(=O)OC(C)(C)C. The number of carbonyl (C=O) groups excluding carboxylic acids is 4. The van der Waals surface area contributed by atoms with Crippen LogP contribution in [0.1, 0.15) is 58.1 Å². The molecule has 1 aliphatic heterocycles. The van der Waals surface area contributed by atoms with Crippen LogP contribution in [0, 0.1) is 5.92 Å². The summed E-state index contributed by atoms with van der Waals surface area (Å²) in [6.07, 6.45) is 0.721. The maximum atomic E-state index is 13.4. The van der Waals surface area contributed by atoms with Gasteiger partial charge in [0.25, 0.3) is 0 Å². The highest BCUT2D eigenvalue weighted by atomic mass is 16.6. The number of nitrogens with one attached hydrogen (secondary N) is 1. The van der Waals surface area contributed by atoms with E-state index < -0.39 is 35.7 Å². The fourth-order valence-corrected chi connectivity index (χ4v) is 4.46. The van der Waals surface area contributed by atoms with Crippen LogP contribution >= 0.6 is 0 Å². The fraction of sp³-hybridized carbons (Fsp3) is 0.467. The van der Waals surface area contributed by atoms with Crippen molar-refractivity contribution in [2.24, 2.45) is 5.92 Å². The molecule has 2 amide bonds. The van der Waals surface area contributed by atoms with Crippen LogP contribution < -0.4 is 5.32 Å². The predicted molar refractivity (Wildman–Crippen MR) is 143 cm³/mol. The highest BCUT2D eigenvalue weighted by Gasteiger charge is 2.39. The summed E-state index contributed by atoms with van der Waals surface area (Å²) in [4.78, 5) is 53.4. The topological polar surface area (TPSA) is 102 Å². The molecule has 1 saturated heterocycles. The monoisotopic (exact) mass is 522 g/mol. The average molecular weight is 523 g/mol. The second-order valence-corrected chi connectivity index (χ2v) is 10.7. The maximum absolute atomic E-state index is 13.4. The number of alkyl carbamates (subject to hydrolysis) is 1. The highest BCUT2D eigenvalue weighted by Crippen LogP contribution is 2.24. The number of amides is 2. The summed E-state index contributed by atoms with van der Waals surface area (Å²) in [6.45, 7) is 7.57. The second-order valence-electron chi connectivity index (χ2n) is 10.7. The number of Topliss-reactive ketones (excluding diaryl/α,β-unsaturated/α-hetero) is 1. The van der Waals surface area contributed by atoms with Crippen molar-refractivity contribution in [1.82, 2.24) is 10.2 Å². The largest absolute Gasteiger partial charge is 0.458 e. The Morgan fingerprint density at radius 1 is 0.974 bits per heavy atom. The van der Waals surface area contributed by atoms with Crippen LogP contribution in [0.25, 0.3) is 0 Å². The third kappa shape index (κ3) is 8.71. The van der Waals surface area contributed by atoms with Gasteiger partial charge in [-0.05, 0) is 51.2 Å². The average Bonchev–Trinajstić information content (AvgIpc) is 3.37.